The van der Waals surface area contributed by atoms with E-state index in [9.17, 15) is 36.0 Å². The lowest BCUT2D eigenvalue weighted by molar-refractivity contribution is -0.137. The van der Waals surface area contributed by atoms with E-state index in [4.69, 9.17) is 0 Å². The number of benzene rings is 2. The van der Waals surface area contributed by atoms with Gasteiger partial charge in [-0.25, -0.2) is 13.2 Å². The Hall–Kier alpha value is -3.26. The molecule has 240 valence electrons. The van der Waals surface area contributed by atoms with E-state index >= 15 is 0 Å². The van der Waals surface area contributed by atoms with Crippen LogP contribution in [0.4, 0.5) is 23.7 Å². The highest BCUT2D eigenvalue weighted by Crippen LogP contribution is 2.32. The molecule has 0 saturated heterocycles. The monoisotopic (exact) mass is 654 g/mol. The van der Waals surface area contributed by atoms with Crippen LogP contribution in [-0.4, -0.2) is 56.9 Å². The average Bonchev–Trinajstić information content (AvgIpc) is 3.49. The highest BCUT2D eigenvalue weighted by atomic mass is 32.2. The molecule has 0 heterocycles. The summed E-state index contributed by atoms with van der Waals surface area (Å²) in [5.41, 5.74) is -1.65. The van der Waals surface area contributed by atoms with Crippen LogP contribution in [0.3, 0.4) is 0 Å². The summed E-state index contributed by atoms with van der Waals surface area (Å²) < 4.78 is 66.5. The van der Waals surface area contributed by atoms with E-state index in [1.54, 1.807) is 24.3 Å². The number of hydrogen-bond acceptors (Lipinski definition) is 6. The van der Waals surface area contributed by atoms with Crippen molar-refractivity contribution in [3.63, 3.8) is 0 Å². The quantitative estimate of drug-likeness (QED) is 0.255. The molecule has 2 aliphatic carbocycles. The molecule has 4 N–H and O–H groups in total. The van der Waals surface area contributed by atoms with Gasteiger partial charge in [0.1, 0.15) is 0 Å². The Morgan fingerprint density at radius 1 is 0.909 bits per heavy atom. The Morgan fingerprint density at radius 3 is 2.23 bits per heavy atom. The van der Waals surface area contributed by atoms with Crippen molar-refractivity contribution in [2.75, 3.05) is 23.9 Å². The first-order chi connectivity index (χ1) is 20.9. The van der Waals surface area contributed by atoms with E-state index in [1.807, 2.05) is 6.26 Å². The van der Waals surface area contributed by atoms with E-state index < -0.39 is 57.6 Å². The van der Waals surface area contributed by atoms with Crippen LogP contribution in [0.5, 0.6) is 0 Å². The Balaban J connectivity index is 1.39. The van der Waals surface area contributed by atoms with Gasteiger partial charge in [-0.05, 0) is 80.3 Å². The molecule has 2 fully saturated rings. The van der Waals surface area contributed by atoms with E-state index in [0.29, 0.717) is 18.9 Å². The molecule has 2 aromatic carbocycles. The molecule has 2 aromatic rings. The Labute approximate surface area is 259 Å². The first-order valence-corrected chi connectivity index (χ1v) is 17.5. The number of rotatable bonds is 10. The molecule has 0 aliphatic heterocycles. The maximum Gasteiger partial charge on any atom is 0.416 e. The van der Waals surface area contributed by atoms with Gasteiger partial charge in [0.2, 0.25) is 5.91 Å². The molecule has 0 bridgehead atoms. The molecule has 14 heteroatoms. The van der Waals surface area contributed by atoms with Crippen LogP contribution < -0.4 is 21.3 Å². The SMILES string of the molecule is CSc1ccc(S(=O)(=O)C[C@H]2CCCC[C@@H]2NC(=O)CNC(=O)c2cc(C(F)(F)F)ccc2NC(=O)NC2CCCC2)cc1. The van der Waals surface area contributed by atoms with Crippen LogP contribution in [-0.2, 0) is 20.8 Å². The second-order valence-corrected chi connectivity index (χ2v) is 14.1. The standard InChI is InChI=1S/C30H37F3N4O5S2/c1-43-22-11-13-23(14-12-22)44(41,42)18-19-6-2-5-9-25(19)36-27(38)17-34-28(39)24-16-20(30(31,32)33)10-15-26(24)37-29(40)35-21-7-3-4-8-21/h10-16,19,21,25H,2-9,17-18H2,1H3,(H,34,39)(H,36,38)(H2,35,37,40)/t19-,25+/m1/s1. The van der Waals surface area contributed by atoms with Crippen molar-refractivity contribution in [1.29, 1.82) is 0 Å². The van der Waals surface area contributed by atoms with Crippen molar-refractivity contribution in [2.24, 2.45) is 5.92 Å². The predicted molar refractivity (Wildman–Crippen MR) is 162 cm³/mol. The average molecular weight is 655 g/mol. The number of alkyl halides is 3. The van der Waals surface area contributed by atoms with Crippen LogP contribution in [0.1, 0.15) is 67.3 Å². The van der Waals surface area contributed by atoms with Crippen molar-refractivity contribution in [2.45, 2.75) is 79.4 Å². The number of carbonyl (C=O) groups is 3. The lowest BCUT2D eigenvalue weighted by Gasteiger charge is -2.32. The van der Waals surface area contributed by atoms with Crippen LogP contribution in [0, 0.1) is 5.92 Å². The number of anilines is 1. The van der Waals surface area contributed by atoms with Gasteiger partial charge in [-0.3, -0.25) is 9.59 Å². The van der Waals surface area contributed by atoms with E-state index in [1.165, 1.54) is 11.8 Å². The minimum Gasteiger partial charge on any atom is -0.352 e. The summed E-state index contributed by atoms with van der Waals surface area (Å²) in [6, 6.07) is 7.90. The molecule has 9 nitrogen and oxygen atoms in total. The van der Waals surface area contributed by atoms with Gasteiger partial charge in [-0.2, -0.15) is 13.2 Å². The molecule has 0 aromatic heterocycles. The number of carbonyl (C=O) groups excluding carboxylic acids is 3. The van der Waals surface area contributed by atoms with Crippen molar-refractivity contribution in [1.82, 2.24) is 16.0 Å². The Morgan fingerprint density at radius 2 is 1.57 bits per heavy atom. The number of halogens is 3. The maximum atomic E-state index is 13.4. The summed E-state index contributed by atoms with van der Waals surface area (Å²) in [4.78, 5) is 39.5. The summed E-state index contributed by atoms with van der Waals surface area (Å²) >= 11 is 1.50. The Kier molecular flexibility index (Phi) is 11.2. The summed E-state index contributed by atoms with van der Waals surface area (Å²) in [5.74, 6) is -2.06. The summed E-state index contributed by atoms with van der Waals surface area (Å²) in [6.45, 7) is -0.547. The zero-order valence-electron chi connectivity index (χ0n) is 24.3. The molecule has 0 radical (unpaired) electrons. The van der Waals surface area contributed by atoms with Gasteiger partial charge in [0.15, 0.2) is 9.84 Å². The minimum absolute atomic E-state index is 0.0512. The van der Waals surface area contributed by atoms with Crippen LogP contribution in [0.25, 0.3) is 0 Å². The predicted octanol–water partition coefficient (Wildman–Crippen LogP) is 5.37. The second-order valence-electron chi connectivity index (χ2n) is 11.2. The molecule has 0 unspecified atom stereocenters. The van der Waals surface area contributed by atoms with Gasteiger partial charge in [-0.15, -0.1) is 11.8 Å². The minimum atomic E-state index is -4.73. The number of hydrogen-bond donors (Lipinski definition) is 4. The van der Waals surface area contributed by atoms with Gasteiger partial charge >= 0.3 is 12.2 Å². The molecule has 0 spiro atoms. The summed E-state index contributed by atoms with van der Waals surface area (Å²) in [5, 5.41) is 10.4. The summed E-state index contributed by atoms with van der Waals surface area (Å²) in [6.07, 6.45) is 3.44. The molecular formula is C30H37F3N4O5S2. The second kappa shape index (κ2) is 14.7. The van der Waals surface area contributed by atoms with Gasteiger partial charge in [0.05, 0.1) is 34.0 Å². The fourth-order valence-electron chi connectivity index (χ4n) is 5.70. The number of urea groups is 1. The van der Waals surface area contributed by atoms with E-state index in [0.717, 1.165) is 55.6 Å². The number of thioether (sulfide) groups is 1. The molecule has 2 aliphatic rings. The third kappa shape index (κ3) is 9.13. The largest absolute Gasteiger partial charge is 0.416 e. The smallest absolute Gasteiger partial charge is 0.352 e. The van der Waals surface area contributed by atoms with E-state index in [-0.39, 0.29) is 28.3 Å². The normalized spacial score (nSPS) is 19.3. The van der Waals surface area contributed by atoms with Gasteiger partial charge in [0.25, 0.3) is 5.91 Å². The zero-order valence-corrected chi connectivity index (χ0v) is 26.0. The fourth-order valence-corrected chi connectivity index (χ4v) is 7.82. The number of sulfone groups is 1. The van der Waals surface area contributed by atoms with Crippen LogP contribution in [0.15, 0.2) is 52.3 Å². The molecule has 4 amide bonds. The fraction of sp³-hybridized carbons (Fsp3) is 0.500. The third-order valence-electron chi connectivity index (χ3n) is 8.05. The van der Waals surface area contributed by atoms with Crippen molar-refractivity contribution >= 4 is 45.1 Å². The lowest BCUT2D eigenvalue weighted by Crippen LogP contribution is -2.47. The molecule has 44 heavy (non-hydrogen) atoms. The third-order valence-corrected chi connectivity index (χ3v) is 10.6. The van der Waals surface area contributed by atoms with Crippen molar-refractivity contribution < 1.29 is 36.0 Å². The first-order valence-electron chi connectivity index (χ1n) is 14.6. The molecular weight excluding hydrogens is 617 g/mol. The number of amides is 4. The lowest BCUT2D eigenvalue weighted by atomic mass is 9.86. The molecule has 2 saturated carbocycles. The molecule has 4 rings (SSSR count). The maximum absolute atomic E-state index is 13.4. The zero-order chi connectivity index (χ0) is 31.9. The van der Waals surface area contributed by atoms with Crippen molar-refractivity contribution in [3.05, 3.63) is 53.6 Å². The van der Waals surface area contributed by atoms with E-state index in [2.05, 4.69) is 21.3 Å². The Bertz CT molecular complexity index is 1450. The molecule has 2 atom stereocenters. The first kappa shape index (κ1) is 33.6. The van der Waals surface area contributed by atoms with Gasteiger partial charge in [-0.1, -0.05) is 25.7 Å². The highest BCUT2D eigenvalue weighted by Gasteiger charge is 2.33. The topological polar surface area (TPSA) is 133 Å². The van der Waals surface area contributed by atoms with Gasteiger partial charge in [0, 0.05) is 17.0 Å². The van der Waals surface area contributed by atoms with Crippen LogP contribution in [0.2, 0.25) is 0 Å². The van der Waals surface area contributed by atoms with Crippen molar-refractivity contribution in [3.8, 4) is 0 Å². The number of nitrogens with one attached hydrogen (secondary N) is 4. The van der Waals surface area contributed by atoms with Crippen LogP contribution >= 0.6 is 11.8 Å². The highest BCUT2D eigenvalue weighted by molar-refractivity contribution is 7.98. The van der Waals surface area contributed by atoms with Gasteiger partial charge < -0.3 is 21.3 Å². The summed E-state index contributed by atoms with van der Waals surface area (Å²) in [7, 11) is -3.62.